The summed E-state index contributed by atoms with van der Waals surface area (Å²) < 4.78 is 11.0. The number of carbonyl (C=O) groups is 2. The Kier molecular flexibility index (Phi) is 5.22. The number of rotatable bonds is 4. The fraction of sp³-hybridized carbons (Fsp3) is 0.455. The molecule has 1 aliphatic heterocycles. The number of nitrogens with one attached hydrogen (secondary N) is 1. The number of methoxy groups -OCH3 is 1. The standard InChI is InChI=1S/C22H26N2O4/c1-14(25)23-19-10-17-12-24(13-18(17)11-21(19)27-2)22(26)16-7-5-15(6-8-16)20-4-3-9-28-20/h3-9,17-19,21H,10-13H2,1-2H3,(H,23,25)/t17-,18+,19-,21-/m1/s1. The average Bonchev–Trinajstić information content (AvgIpc) is 3.36. The van der Waals surface area contributed by atoms with Gasteiger partial charge in [-0.3, -0.25) is 9.59 Å². The summed E-state index contributed by atoms with van der Waals surface area (Å²) in [5, 5.41) is 3.01. The molecule has 1 aromatic heterocycles. The molecule has 2 amide bonds. The van der Waals surface area contributed by atoms with Crippen molar-refractivity contribution >= 4 is 11.8 Å². The molecule has 2 aliphatic rings. The first kappa shape index (κ1) is 18.7. The number of amides is 2. The smallest absolute Gasteiger partial charge is 0.253 e. The fourth-order valence-electron chi connectivity index (χ4n) is 4.66. The maximum Gasteiger partial charge on any atom is 0.253 e. The van der Waals surface area contributed by atoms with Gasteiger partial charge in [0.05, 0.1) is 18.4 Å². The second kappa shape index (κ2) is 7.80. The van der Waals surface area contributed by atoms with Gasteiger partial charge in [-0.25, -0.2) is 0 Å². The van der Waals surface area contributed by atoms with Gasteiger partial charge in [-0.05, 0) is 48.9 Å². The number of nitrogens with zero attached hydrogens (tertiary/aromatic N) is 1. The molecule has 0 radical (unpaired) electrons. The van der Waals surface area contributed by atoms with E-state index in [2.05, 4.69) is 5.32 Å². The fourth-order valence-corrected chi connectivity index (χ4v) is 4.66. The van der Waals surface area contributed by atoms with E-state index in [1.807, 2.05) is 41.3 Å². The van der Waals surface area contributed by atoms with Crippen LogP contribution in [0.1, 0.15) is 30.1 Å². The molecule has 28 heavy (non-hydrogen) atoms. The van der Waals surface area contributed by atoms with Crippen LogP contribution in [0.15, 0.2) is 47.1 Å². The van der Waals surface area contributed by atoms with Crippen LogP contribution < -0.4 is 5.32 Å². The van der Waals surface area contributed by atoms with Gasteiger partial charge < -0.3 is 19.4 Å². The number of hydrogen-bond donors (Lipinski definition) is 1. The van der Waals surface area contributed by atoms with Crippen molar-refractivity contribution in [2.45, 2.75) is 31.9 Å². The number of fused-ring (bicyclic) bond motifs is 1. The molecule has 2 aromatic rings. The topological polar surface area (TPSA) is 71.8 Å². The number of likely N-dealkylation sites (tertiary alicyclic amines) is 1. The number of furan rings is 1. The highest BCUT2D eigenvalue weighted by atomic mass is 16.5. The molecule has 4 atom stereocenters. The maximum atomic E-state index is 13.0. The lowest BCUT2D eigenvalue weighted by Gasteiger charge is -2.37. The molecule has 1 saturated carbocycles. The van der Waals surface area contributed by atoms with E-state index in [0.29, 0.717) is 17.4 Å². The van der Waals surface area contributed by atoms with Crippen LogP contribution >= 0.6 is 0 Å². The van der Waals surface area contributed by atoms with Crippen molar-refractivity contribution < 1.29 is 18.7 Å². The predicted octanol–water partition coefficient (Wildman–Crippen LogP) is 2.95. The zero-order chi connectivity index (χ0) is 19.7. The normalized spacial score (nSPS) is 26.7. The predicted molar refractivity (Wildman–Crippen MR) is 105 cm³/mol. The van der Waals surface area contributed by atoms with Crippen molar-refractivity contribution in [1.29, 1.82) is 0 Å². The van der Waals surface area contributed by atoms with E-state index >= 15 is 0 Å². The second-order valence-electron chi connectivity index (χ2n) is 7.84. The maximum absolute atomic E-state index is 13.0. The van der Waals surface area contributed by atoms with Crippen LogP contribution in [0.4, 0.5) is 0 Å². The van der Waals surface area contributed by atoms with Crippen molar-refractivity contribution in [2.24, 2.45) is 11.8 Å². The monoisotopic (exact) mass is 382 g/mol. The highest BCUT2D eigenvalue weighted by Crippen LogP contribution is 2.38. The third-order valence-corrected chi connectivity index (χ3v) is 6.03. The molecule has 6 nitrogen and oxygen atoms in total. The van der Waals surface area contributed by atoms with Gasteiger partial charge in [-0.1, -0.05) is 12.1 Å². The number of ether oxygens (including phenoxy) is 1. The van der Waals surface area contributed by atoms with E-state index in [0.717, 1.165) is 37.3 Å². The summed E-state index contributed by atoms with van der Waals surface area (Å²) in [6, 6.07) is 11.3. The Morgan fingerprint density at radius 3 is 2.43 bits per heavy atom. The number of carbonyl (C=O) groups excluding carboxylic acids is 2. The van der Waals surface area contributed by atoms with E-state index in [1.165, 1.54) is 6.92 Å². The summed E-state index contributed by atoms with van der Waals surface area (Å²) in [7, 11) is 1.69. The molecule has 2 fully saturated rings. The summed E-state index contributed by atoms with van der Waals surface area (Å²) in [6.07, 6.45) is 3.37. The molecule has 0 bridgehead atoms. The van der Waals surface area contributed by atoms with Crippen LogP contribution in [0.2, 0.25) is 0 Å². The Hall–Kier alpha value is -2.60. The van der Waals surface area contributed by atoms with Gasteiger partial charge in [0.15, 0.2) is 0 Å². The summed E-state index contributed by atoms with van der Waals surface area (Å²) in [5.41, 5.74) is 1.65. The first-order valence-corrected chi connectivity index (χ1v) is 9.78. The van der Waals surface area contributed by atoms with Crippen LogP contribution in [-0.4, -0.2) is 49.1 Å². The molecule has 2 heterocycles. The average molecular weight is 382 g/mol. The van der Waals surface area contributed by atoms with Gasteiger partial charge in [0.2, 0.25) is 5.91 Å². The van der Waals surface area contributed by atoms with E-state index in [-0.39, 0.29) is 24.0 Å². The molecule has 1 N–H and O–H groups in total. The van der Waals surface area contributed by atoms with Crippen molar-refractivity contribution in [2.75, 3.05) is 20.2 Å². The Morgan fingerprint density at radius 1 is 1.11 bits per heavy atom. The van der Waals surface area contributed by atoms with Crippen LogP contribution in [0, 0.1) is 11.8 Å². The largest absolute Gasteiger partial charge is 0.464 e. The Bertz CT molecular complexity index is 831. The lowest BCUT2D eigenvalue weighted by molar-refractivity contribution is -0.121. The summed E-state index contributed by atoms with van der Waals surface area (Å²) in [4.78, 5) is 26.4. The van der Waals surface area contributed by atoms with Crippen molar-refractivity contribution in [3.05, 3.63) is 48.2 Å². The lowest BCUT2D eigenvalue weighted by Crippen LogP contribution is -2.49. The molecular formula is C22H26N2O4. The van der Waals surface area contributed by atoms with E-state index in [9.17, 15) is 9.59 Å². The SMILES string of the molecule is CO[C@@H]1C[C@H]2CN(C(=O)c3ccc(-c4ccco4)cc3)C[C@H]2C[C@H]1NC(C)=O. The molecule has 1 aliphatic carbocycles. The Balaban J connectivity index is 1.43. The Labute approximate surface area is 164 Å². The number of benzene rings is 1. The van der Waals surface area contributed by atoms with Gasteiger partial charge in [-0.2, -0.15) is 0 Å². The quantitative estimate of drug-likeness (QED) is 0.883. The highest BCUT2D eigenvalue weighted by molar-refractivity contribution is 5.94. The first-order valence-electron chi connectivity index (χ1n) is 9.78. The molecule has 0 unspecified atom stereocenters. The molecule has 1 aromatic carbocycles. The van der Waals surface area contributed by atoms with Crippen molar-refractivity contribution in [3.63, 3.8) is 0 Å². The molecule has 6 heteroatoms. The number of hydrogen-bond acceptors (Lipinski definition) is 4. The van der Waals surface area contributed by atoms with Gasteiger partial charge in [0.1, 0.15) is 5.76 Å². The first-order chi connectivity index (χ1) is 13.5. The van der Waals surface area contributed by atoms with Crippen LogP contribution in [0.3, 0.4) is 0 Å². The molecule has 148 valence electrons. The summed E-state index contributed by atoms with van der Waals surface area (Å²) in [5.74, 6) is 1.63. The summed E-state index contributed by atoms with van der Waals surface area (Å²) >= 11 is 0. The summed E-state index contributed by atoms with van der Waals surface area (Å²) in [6.45, 7) is 3.02. The molecule has 0 spiro atoms. The highest BCUT2D eigenvalue weighted by Gasteiger charge is 2.43. The van der Waals surface area contributed by atoms with Crippen molar-refractivity contribution in [3.8, 4) is 11.3 Å². The minimum Gasteiger partial charge on any atom is -0.464 e. The molecule has 1 saturated heterocycles. The second-order valence-corrected chi connectivity index (χ2v) is 7.84. The zero-order valence-corrected chi connectivity index (χ0v) is 16.3. The van der Waals surface area contributed by atoms with Gasteiger partial charge in [0.25, 0.3) is 5.91 Å². The van der Waals surface area contributed by atoms with Gasteiger partial charge in [-0.15, -0.1) is 0 Å². The van der Waals surface area contributed by atoms with E-state index in [1.54, 1.807) is 13.4 Å². The Morgan fingerprint density at radius 2 is 1.82 bits per heavy atom. The minimum absolute atomic E-state index is 0.00721. The zero-order valence-electron chi connectivity index (χ0n) is 16.3. The van der Waals surface area contributed by atoms with E-state index in [4.69, 9.17) is 9.15 Å². The van der Waals surface area contributed by atoms with Gasteiger partial charge >= 0.3 is 0 Å². The van der Waals surface area contributed by atoms with E-state index < -0.39 is 0 Å². The van der Waals surface area contributed by atoms with Crippen molar-refractivity contribution in [1.82, 2.24) is 10.2 Å². The lowest BCUT2D eigenvalue weighted by atomic mass is 9.77. The third kappa shape index (κ3) is 3.69. The molecule has 4 rings (SSSR count). The van der Waals surface area contributed by atoms with Gasteiger partial charge in [0, 0.05) is 38.2 Å². The van der Waals surface area contributed by atoms with Crippen LogP contribution in [0.25, 0.3) is 11.3 Å². The minimum atomic E-state index is -0.0342. The van der Waals surface area contributed by atoms with Crippen LogP contribution in [-0.2, 0) is 9.53 Å². The van der Waals surface area contributed by atoms with Crippen LogP contribution in [0.5, 0.6) is 0 Å². The third-order valence-electron chi connectivity index (χ3n) is 6.03. The molecular weight excluding hydrogens is 356 g/mol.